The van der Waals surface area contributed by atoms with Gasteiger partial charge in [0.1, 0.15) is 17.8 Å². The third kappa shape index (κ3) is 5.33. The fourth-order valence-corrected chi connectivity index (χ4v) is 3.41. The zero-order valence-electron chi connectivity index (χ0n) is 14.1. The molecule has 0 saturated carbocycles. The first kappa shape index (κ1) is 19.4. The summed E-state index contributed by atoms with van der Waals surface area (Å²) in [5, 5.41) is 13.9. The van der Waals surface area contributed by atoms with Gasteiger partial charge in [-0.2, -0.15) is 8.78 Å². The van der Waals surface area contributed by atoms with Crippen LogP contribution in [-0.2, 0) is 6.54 Å². The van der Waals surface area contributed by atoms with E-state index in [1.807, 2.05) is 0 Å². The predicted molar refractivity (Wildman–Crippen MR) is 99.0 cm³/mol. The fourth-order valence-electron chi connectivity index (χ4n) is 3.01. The first-order chi connectivity index (χ1) is 12.9. The van der Waals surface area contributed by atoms with E-state index in [4.69, 9.17) is 0 Å². The van der Waals surface area contributed by atoms with Crippen molar-refractivity contribution in [3.63, 3.8) is 0 Å². The van der Waals surface area contributed by atoms with Crippen molar-refractivity contribution in [3.05, 3.63) is 56.7 Å². The van der Waals surface area contributed by atoms with Crippen LogP contribution in [0.5, 0.6) is 5.75 Å². The van der Waals surface area contributed by atoms with E-state index in [0.29, 0.717) is 24.5 Å². The molecule has 1 atom stereocenters. The van der Waals surface area contributed by atoms with Gasteiger partial charge in [-0.1, -0.05) is 15.9 Å². The van der Waals surface area contributed by atoms with Crippen LogP contribution >= 0.6 is 15.9 Å². The molecule has 3 rings (SSSR count). The smallest absolute Gasteiger partial charge is 0.387 e. The van der Waals surface area contributed by atoms with Gasteiger partial charge in [-0.3, -0.25) is 15.0 Å². The number of pyridine rings is 1. The van der Waals surface area contributed by atoms with Gasteiger partial charge in [0, 0.05) is 41.8 Å². The Bertz CT molecular complexity index is 807. The summed E-state index contributed by atoms with van der Waals surface area (Å²) in [6.07, 6.45) is 2.06. The SMILES string of the molecule is O=[N+]([O-])c1ccc(NC2CCN(Cc3cc(Br)ccc3OC(F)F)C2)nc1. The molecule has 27 heavy (non-hydrogen) atoms. The van der Waals surface area contributed by atoms with E-state index in [-0.39, 0.29) is 17.5 Å². The second kappa shape index (κ2) is 8.57. The molecule has 1 aliphatic heterocycles. The van der Waals surface area contributed by atoms with Crippen LogP contribution in [0.15, 0.2) is 41.0 Å². The highest BCUT2D eigenvalue weighted by atomic mass is 79.9. The third-order valence-corrected chi connectivity index (χ3v) is 4.71. The maximum absolute atomic E-state index is 12.6. The summed E-state index contributed by atoms with van der Waals surface area (Å²) in [6, 6.07) is 8.05. The van der Waals surface area contributed by atoms with Gasteiger partial charge in [0.25, 0.3) is 5.69 Å². The molecule has 1 fully saturated rings. The highest BCUT2D eigenvalue weighted by Crippen LogP contribution is 2.27. The van der Waals surface area contributed by atoms with Crippen molar-refractivity contribution >= 4 is 27.4 Å². The Labute approximate surface area is 162 Å². The van der Waals surface area contributed by atoms with Crippen molar-refractivity contribution in [2.45, 2.75) is 25.6 Å². The van der Waals surface area contributed by atoms with E-state index in [9.17, 15) is 18.9 Å². The van der Waals surface area contributed by atoms with E-state index < -0.39 is 11.5 Å². The summed E-state index contributed by atoms with van der Waals surface area (Å²) < 4.78 is 30.6. The molecule has 1 aliphatic rings. The predicted octanol–water partition coefficient (Wildman–Crippen LogP) is 4.04. The number of nitro groups is 1. The summed E-state index contributed by atoms with van der Waals surface area (Å²) in [5.41, 5.74) is 0.619. The molecule has 1 N–H and O–H groups in total. The monoisotopic (exact) mass is 442 g/mol. The zero-order chi connectivity index (χ0) is 19.4. The van der Waals surface area contributed by atoms with E-state index in [2.05, 4.69) is 35.9 Å². The Kier molecular flexibility index (Phi) is 6.17. The Morgan fingerprint density at radius 3 is 2.89 bits per heavy atom. The summed E-state index contributed by atoms with van der Waals surface area (Å²) in [5.74, 6) is 0.735. The van der Waals surface area contributed by atoms with E-state index in [1.165, 1.54) is 18.3 Å². The van der Waals surface area contributed by atoms with E-state index in [1.54, 1.807) is 18.2 Å². The third-order valence-electron chi connectivity index (χ3n) is 4.22. The minimum absolute atomic E-state index is 0.0604. The zero-order valence-corrected chi connectivity index (χ0v) is 15.7. The highest BCUT2D eigenvalue weighted by Gasteiger charge is 2.24. The van der Waals surface area contributed by atoms with Crippen LogP contribution in [0.2, 0.25) is 0 Å². The number of rotatable bonds is 7. The number of alkyl halides is 2. The number of halogens is 3. The standard InChI is InChI=1S/C17H17BrF2N4O3/c18-12-1-3-15(27-17(19)20)11(7-12)9-23-6-5-13(10-23)22-16-4-2-14(8-21-16)24(25)26/h1-4,7-8,13,17H,5-6,9-10H2,(H,21,22). The number of nitrogens with one attached hydrogen (secondary N) is 1. The Hall–Kier alpha value is -2.33. The van der Waals surface area contributed by atoms with Gasteiger partial charge in [0.2, 0.25) is 0 Å². The quantitative estimate of drug-likeness (QED) is 0.514. The number of ether oxygens (including phenoxy) is 1. The van der Waals surface area contributed by atoms with Gasteiger partial charge >= 0.3 is 6.61 Å². The molecule has 144 valence electrons. The van der Waals surface area contributed by atoms with Gasteiger partial charge in [0.15, 0.2) is 0 Å². The average Bonchev–Trinajstić information content (AvgIpc) is 3.04. The molecule has 2 aromatic rings. The number of hydrogen-bond acceptors (Lipinski definition) is 6. The first-order valence-corrected chi connectivity index (χ1v) is 9.02. The molecule has 10 heteroatoms. The molecule has 7 nitrogen and oxygen atoms in total. The topological polar surface area (TPSA) is 80.5 Å². The average molecular weight is 443 g/mol. The van der Waals surface area contributed by atoms with Gasteiger partial charge in [-0.15, -0.1) is 0 Å². The summed E-state index contributed by atoms with van der Waals surface area (Å²) in [6.45, 7) is -0.913. The van der Waals surface area contributed by atoms with Crippen molar-refractivity contribution in [3.8, 4) is 5.75 Å². The summed E-state index contributed by atoms with van der Waals surface area (Å²) in [4.78, 5) is 16.4. The van der Waals surface area contributed by atoms with Crippen LogP contribution in [0, 0.1) is 10.1 Å². The number of benzene rings is 1. The summed E-state index contributed by atoms with van der Waals surface area (Å²) >= 11 is 3.35. The molecule has 1 saturated heterocycles. The molecular formula is C17H17BrF2N4O3. The lowest BCUT2D eigenvalue weighted by atomic mass is 10.2. The Morgan fingerprint density at radius 1 is 1.41 bits per heavy atom. The molecule has 1 unspecified atom stereocenters. The molecular weight excluding hydrogens is 426 g/mol. The van der Waals surface area contributed by atoms with Crippen LogP contribution in [0.4, 0.5) is 20.3 Å². The second-order valence-corrected chi connectivity index (χ2v) is 7.07. The van der Waals surface area contributed by atoms with Gasteiger partial charge in [-0.05, 0) is 30.7 Å². The number of anilines is 1. The lowest BCUT2D eigenvalue weighted by Crippen LogP contribution is -2.26. The van der Waals surface area contributed by atoms with Gasteiger partial charge < -0.3 is 10.1 Å². The van der Waals surface area contributed by atoms with E-state index >= 15 is 0 Å². The minimum atomic E-state index is -2.87. The molecule has 1 aromatic carbocycles. The van der Waals surface area contributed by atoms with Crippen LogP contribution in [0.1, 0.15) is 12.0 Å². The highest BCUT2D eigenvalue weighted by molar-refractivity contribution is 9.10. The molecule has 0 radical (unpaired) electrons. The lowest BCUT2D eigenvalue weighted by Gasteiger charge is -2.19. The maximum atomic E-state index is 12.6. The maximum Gasteiger partial charge on any atom is 0.387 e. The molecule has 0 spiro atoms. The minimum Gasteiger partial charge on any atom is -0.434 e. The lowest BCUT2D eigenvalue weighted by molar-refractivity contribution is -0.385. The van der Waals surface area contributed by atoms with Gasteiger partial charge in [0.05, 0.1) is 4.92 Å². The first-order valence-electron chi connectivity index (χ1n) is 8.23. The van der Waals surface area contributed by atoms with Crippen LogP contribution in [0.3, 0.4) is 0 Å². The number of nitrogens with zero attached hydrogens (tertiary/aromatic N) is 3. The summed E-state index contributed by atoms with van der Waals surface area (Å²) in [7, 11) is 0. The van der Waals surface area contributed by atoms with Crippen LogP contribution < -0.4 is 10.1 Å². The van der Waals surface area contributed by atoms with E-state index in [0.717, 1.165) is 17.4 Å². The van der Waals surface area contributed by atoms with Crippen molar-refractivity contribution in [1.82, 2.24) is 9.88 Å². The molecule has 1 aromatic heterocycles. The van der Waals surface area contributed by atoms with Crippen molar-refractivity contribution in [2.24, 2.45) is 0 Å². The van der Waals surface area contributed by atoms with Gasteiger partial charge in [-0.25, -0.2) is 4.98 Å². The number of aromatic nitrogens is 1. The fraction of sp³-hybridized carbons (Fsp3) is 0.353. The van der Waals surface area contributed by atoms with Crippen LogP contribution in [-0.4, -0.2) is 40.6 Å². The molecule has 0 amide bonds. The van der Waals surface area contributed by atoms with Crippen molar-refractivity contribution < 1.29 is 18.4 Å². The van der Waals surface area contributed by atoms with Crippen molar-refractivity contribution in [1.29, 1.82) is 0 Å². The second-order valence-electron chi connectivity index (χ2n) is 6.15. The largest absolute Gasteiger partial charge is 0.434 e. The molecule has 0 aliphatic carbocycles. The van der Waals surface area contributed by atoms with Crippen molar-refractivity contribution in [2.75, 3.05) is 18.4 Å². The number of likely N-dealkylation sites (tertiary alicyclic amines) is 1. The normalized spacial score (nSPS) is 17.3. The molecule has 2 heterocycles. The Balaban J connectivity index is 1.60. The number of hydrogen-bond donors (Lipinski definition) is 1. The molecule has 0 bridgehead atoms. The van der Waals surface area contributed by atoms with Crippen LogP contribution in [0.25, 0.3) is 0 Å². The Morgan fingerprint density at radius 2 is 2.22 bits per heavy atom.